The molecular weight excluding hydrogens is 1070 g/mol. The first-order valence-electron chi connectivity index (χ1n) is 28.6. The van der Waals surface area contributed by atoms with Crippen molar-refractivity contribution in [1.29, 1.82) is 0 Å². The molecule has 0 saturated heterocycles. The highest BCUT2D eigenvalue weighted by atomic mass is 32.1. The summed E-state index contributed by atoms with van der Waals surface area (Å²) in [6, 6.07) is 2.28. The number of hydrogen-bond acceptors (Lipinski definition) is 18. The number of benzene rings is 1. The van der Waals surface area contributed by atoms with Gasteiger partial charge in [-0.25, -0.2) is 9.78 Å². The Morgan fingerprint density at radius 3 is 2.09 bits per heavy atom. The van der Waals surface area contributed by atoms with Gasteiger partial charge in [0.05, 0.1) is 17.1 Å². The average Bonchev–Trinajstić information content (AvgIpc) is 4.05. The standard InChI is InChI=1S/C59H91N9O13S/c1-12-36(4)42(32-50(71)59(7,8)66(9)10)56(76)67(11)46(35(2)3)33-49(80-38(6)69)55-65-45(34-82-55)54(75)63-41(28-37(5)47(70)31-40(57(77)78)18-13-15-25-60)29-39-21-22-48(81-58(79)43(62)19-14-16-26-61)44(30-39)64-51(72)20-17-27-68-52(73)23-24-53(68)74/h21-24,30,34-37,40-43,46,49H,12-20,25-29,31-33,60-62H2,1-11H3,(H,63,75)(H,64,72)(H,77,78)/t36-,37?,40+,41+,42-,43-,46+,49+/m0/s1. The average molecular weight is 1170 g/mol. The molecule has 0 bridgehead atoms. The van der Waals surface area contributed by atoms with Crippen LogP contribution in [0.2, 0.25) is 0 Å². The van der Waals surface area contributed by atoms with Crippen LogP contribution in [0.5, 0.6) is 5.75 Å². The van der Waals surface area contributed by atoms with Crippen molar-refractivity contribution in [3.05, 3.63) is 52.0 Å². The van der Waals surface area contributed by atoms with Gasteiger partial charge in [0.15, 0.2) is 17.6 Å². The molecule has 1 unspecified atom stereocenters. The second-order valence-electron chi connectivity index (χ2n) is 22.7. The van der Waals surface area contributed by atoms with Gasteiger partial charge in [0.25, 0.3) is 17.7 Å². The molecule has 1 aliphatic rings. The molecule has 0 aliphatic carbocycles. The topological polar surface area (TPSA) is 334 Å². The number of carboxylic acid groups (broad SMARTS) is 1. The Kier molecular flexibility index (Phi) is 28.8. The Hall–Kier alpha value is -6.27. The number of ether oxygens (including phenoxy) is 2. The lowest BCUT2D eigenvalue weighted by atomic mass is 9.81. The number of aromatic nitrogens is 1. The van der Waals surface area contributed by atoms with Gasteiger partial charge in [-0.05, 0) is 116 Å². The lowest BCUT2D eigenvalue weighted by Crippen LogP contribution is -2.50. The van der Waals surface area contributed by atoms with Crippen LogP contribution in [0.1, 0.15) is 166 Å². The lowest BCUT2D eigenvalue weighted by molar-refractivity contribution is -0.150. The Morgan fingerprint density at radius 2 is 1.51 bits per heavy atom. The number of aliphatic carboxylic acids is 1. The number of ketones is 2. The summed E-state index contributed by atoms with van der Waals surface area (Å²) in [7, 11) is 5.33. The number of thiazole rings is 1. The van der Waals surface area contributed by atoms with Crippen molar-refractivity contribution in [3.63, 3.8) is 0 Å². The van der Waals surface area contributed by atoms with E-state index in [9.17, 15) is 53.1 Å². The molecule has 5 amide bonds. The summed E-state index contributed by atoms with van der Waals surface area (Å²) in [5, 5.41) is 17.6. The van der Waals surface area contributed by atoms with Gasteiger partial charge in [0.1, 0.15) is 22.5 Å². The first-order valence-corrected chi connectivity index (χ1v) is 29.4. The summed E-state index contributed by atoms with van der Waals surface area (Å²) in [6.45, 7) is 15.1. The second-order valence-corrected chi connectivity index (χ2v) is 23.6. The summed E-state index contributed by atoms with van der Waals surface area (Å²) in [5.41, 5.74) is 17.2. The number of likely N-dealkylation sites (N-methyl/N-ethyl adjacent to an activating group) is 1. The summed E-state index contributed by atoms with van der Waals surface area (Å²) < 4.78 is 11.6. The molecule has 0 saturated carbocycles. The van der Waals surface area contributed by atoms with Crippen molar-refractivity contribution < 1.29 is 62.5 Å². The van der Waals surface area contributed by atoms with E-state index in [0.29, 0.717) is 57.2 Å². The van der Waals surface area contributed by atoms with E-state index in [4.69, 9.17) is 26.7 Å². The van der Waals surface area contributed by atoms with E-state index < -0.39 is 89.1 Å². The van der Waals surface area contributed by atoms with E-state index in [-0.39, 0.29) is 109 Å². The largest absolute Gasteiger partial charge is 0.481 e. The van der Waals surface area contributed by atoms with E-state index >= 15 is 0 Å². The number of carbonyl (C=O) groups excluding carboxylic acids is 9. The van der Waals surface area contributed by atoms with E-state index in [2.05, 4.69) is 15.6 Å². The molecule has 9 N–H and O–H groups in total. The minimum absolute atomic E-state index is 0.0159. The number of carboxylic acids is 1. The highest BCUT2D eigenvalue weighted by Gasteiger charge is 2.39. The molecule has 1 aromatic carbocycles. The smallest absolute Gasteiger partial charge is 0.328 e. The number of amides is 5. The predicted molar refractivity (Wildman–Crippen MR) is 312 cm³/mol. The summed E-state index contributed by atoms with van der Waals surface area (Å²) in [6.07, 6.45) is 4.77. The maximum atomic E-state index is 14.5. The molecule has 2 aromatic rings. The molecule has 22 nitrogen and oxygen atoms in total. The van der Waals surface area contributed by atoms with Gasteiger partial charge in [-0.3, -0.25) is 53.0 Å². The third kappa shape index (κ3) is 21.5. The highest BCUT2D eigenvalue weighted by Crippen LogP contribution is 2.34. The van der Waals surface area contributed by atoms with Gasteiger partial charge in [0.2, 0.25) is 11.8 Å². The molecule has 456 valence electrons. The summed E-state index contributed by atoms with van der Waals surface area (Å²) in [5.74, 6) is -7.93. The fraction of sp³-hybridized carbons (Fsp3) is 0.644. The normalized spacial score (nSPS) is 15.5. The van der Waals surface area contributed by atoms with E-state index in [0.717, 1.165) is 28.4 Å². The molecule has 0 fully saturated rings. The first-order chi connectivity index (χ1) is 38.6. The molecule has 3 rings (SSSR count). The van der Waals surface area contributed by atoms with Crippen molar-refractivity contribution in [2.75, 3.05) is 46.1 Å². The number of nitrogens with one attached hydrogen (secondary N) is 2. The Balaban J connectivity index is 2.03. The molecule has 82 heavy (non-hydrogen) atoms. The van der Waals surface area contributed by atoms with Crippen LogP contribution in [-0.2, 0) is 54.3 Å². The zero-order chi connectivity index (χ0) is 61.6. The van der Waals surface area contributed by atoms with Crippen LogP contribution in [-0.4, -0.2) is 148 Å². The number of nitrogens with two attached hydrogens (primary N) is 3. The SMILES string of the molecule is CC[C@H](C)[C@H](CC(=O)C(C)(C)N(C)C)C(=O)N(C)[C@H](C[C@@H](OC(C)=O)c1nc(C(=O)N[C@@H](Cc2ccc(OC(=O)[C@@H](N)CCCCN)c(NC(=O)CCCN3C(=O)C=CC3=O)c2)CC(C)C(=O)C[C@@H](CCCCN)C(=O)O)cs1)C(C)C. The van der Waals surface area contributed by atoms with Crippen LogP contribution in [0, 0.1) is 29.6 Å². The Labute approximate surface area is 487 Å². The van der Waals surface area contributed by atoms with Crippen LogP contribution in [0.15, 0.2) is 35.7 Å². The molecule has 23 heteroatoms. The van der Waals surface area contributed by atoms with Gasteiger partial charge in [-0.1, -0.05) is 59.9 Å². The van der Waals surface area contributed by atoms with Crippen LogP contribution in [0.3, 0.4) is 0 Å². The zero-order valence-corrected chi connectivity index (χ0v) is 50.8. The predicted octanol–water partition coefficient (Wildman–Crippen LogP) is 5.74. The van der Waals surface area contributed by atoms with Gasteiger partial charge < -0.3 is 47.3 Å². The molecule has 8 atom stereocenters. The van der Waals surface area contributed by atoms with Crippen LogP contribution >= 0.6 is 11.3 Å². The van der Waals surface area contributed by atoms with Crippen molar-refractivity contribution in [2.24, 2.45) is 46.8 Å². The van der Waals surface area contributed by atoms with Gasteiger partial charge in [-0.2, -0.15) is 0 Å². The second kappa shape index (κ2) is 33.7. The number of rotatable bonds is 38. The minimum Gasteiger partial charge on any atom is -0.481 e. The van der Waals surface area contributed by atoms with E-state index in [1.54, 1.807) is 31.0 Å². The fourth-order valence-corrected chi connectivity index (χ4v) is 10.4. The number of unbranched alkanes of at least 4 members (excludes halogenated alkanes) is 2. The molecular formula is C59H91N9O13S. The van der Waals surface area contributed by atoms with E-state index in [1.165, 1.54) is 18.4 Å². The number of imide groups is 1. The maximum absolute atomic E-state index is 14.5. The number of carbonyl (C=O) groups is 10. The van der Waals surface area contributed by atoms with Crippen molar-refractivity contribution in [2.45, 2.75) is 175 Å². The Bertz CT molecular complexity index is 2550. The van der Waals surface area contributed by atoms with Crippen LogP contribution < -0.4 is 32.6 Å². The van der Waals surface area contributed by atoms with Crippen molar-refractivity contribution in [3.8, 4) is 5.75 Å². The lowest BCUT2D eigenvalue weighted by Gasteiger charge is -2.38. The Morgan fingerprint density at radius 1 is 0.878 bits per heavy atom. The van der Waals surface area contributed by atoms with Gasteiger partial charge in [0, 0.05) is 87.7 Å². The number of anilines is 1. The van der Waals surface area contributed by atoms with Crippen molar-refractivity contribution in [1.82, 2.24) is 25.0 Å². The highest BCUT2D eigenvalue weighted by molar-refractivity contribution is 7.09. The maximum Gasteiger partial charge on any atom is 0.328 e. The third-order valence-corrected chi connectivity index (χ3v) is 16.5. The van der Waals surface area contributed by atoms with Gasteiger partial charge >= 0.3 is 17.9 Å². The molecule has 1 aromatic heterocycles. The third-order valence-electron chi connectivity index (χ3n) is 15.6. The first kappa shape index (κ1) is 70.0. The molecule has 1 aliphatic heterocycles. The zero-order valence-electron chi connectivity index (χ0n) is 50.0. The monoisotopic (exact) mass is 1170 g/mol. The van der Waals surface area contributed by atoms with E-state index in [1.807, 2.05) is 60.5 Å². The summed E-state index contributed by atoms with van der Waals surface area (Å²) >= 11 is 1.08. The number of nitrogens with zero attached hydrogens (tertiary/aromatic N) is 4. The number of hydrogen-bond donors (Lipinski definition) is 6. The fourth-order valence-electron chi connectivity index (χ4n) is 9.53. The minimum atomic E-state index is -1.11. The van der Waals surface area contributed by atoms with Crippen LogP contribution in [0.25, 0.3) is 0 Å². The summed E-state index contributed by atoms with van der Waals surface area (Å²) in [4.78, 5) is 142. The molecule has 2 heterocycles. The van der Waals surface area contributed by atoms with Crippen LogP contribution in [0.4, 0.5) is 5.69 Å². The van der Waals surface area contributed by atoms with Crippen molar-refractivity contribution >= 4 is 76.0 Å². The quantitative estimate of drug-likeness (QED) is 0.0202. The number of esters is 2. The molecule has 0 radical (unpaired) electrons. The van der Waals surface area contributed by atoms with Gasteiger partial charge in [-0.15, -0.1) is 11.3 Å². The molecule has 0 spiro atoms. The number of Topliss-reactive ketones (excluding diaryl/α,β-unsaturated/α-hetero) is 2.